The topological polar surface area (TPSA) is 55.4 Å². The van der Waals surface area contributed by atoms with Crippen molar-refractivity contribution in [2.45, 2.75) is 17.6 Å². The summed E-state index contributed by atoms with van der Waals surface area (Å²) < 4.78 is 32.3. The number of carbonyl (C=O) groups excluding carboxylic acids is 2. The van der Waals surface area contributed by atoms with E-state index >= 15 is 0 Å². The van der Waals surface area contributed by atoms with E-state index in [4.69, 9.17) is 4.74 Å². The molecule has 1 aliphatic rings. The highest BCUT2D eigenvalue weighted by Gasteiger charge is 2.22. The van der Waals surface area contributed by atoms with E-state index in [0.717, 1.165) is 35.3 Å². The lowest BCUT2D eigenvalue weighted by atomic mass is 10.1. The summed E-state index contributed by atoms with van der Waals surface area (Å²) in [6.45, 7) is 1.37. The highest BCUT2D eigenvalue weighted by atomic mass is 32.2. The molecule has 8 heteroatoms. The number of thioether (sulfide) groups is 2. The molecule has 0 radical (unpaired) electrons. The molecular weight excluding hydrogens is 392 g/mol. The van der Waals surface area contributed by atoms with Crippen molar-refractivity contribution in [1.82, 2.24) is 0 Å². The molecule has 1 unspecified atom stereocenters. The van der Waals surface area contributed by atoms with Gasteiger partial charge in [0.15, 0.2) is 6.10 Å². The fourth-order valence-corrected chi connectivity index (χ4v) is 5.30. The summed E-state index contributed by atoms with van der Waals surface area (Å²) in [7, 11) is 0. The van der Waals surface area contributed by atoms with Crippen molar-refractivity contribution < 1.29 is 23.1 Å². The van der Waals surface area contributed by atoms with Crippen LogP contribution in [0.3, 0.4) is 0 Å². The van der Waals surface area contributed by atoms with Crippen molar-refractivity contribution in [3.63, 3.8) is 0 Å². The van der Waals surface area contributed by atoms with Crippen LogP contribution in [0.15, 0.2) is 42.5 Å². The average Bonchev–Trinajstić information content (AvgIpc) is 3.19. The number of halogens is 2. The molecular formula is C19H17F2NO3S2. The molecule has 1 N–H and O–H groups in total. The minimum absolute atomic E-state index is 0.307. The Bertz CT molecular complexity index is 839. The largest absolute Gasteiger partial charge is 0.449 e. The summed E-state index contributed by atoms with van der Waals surface area (Å²) in [6, 6.07) is 9.78. The number of hydrogen-bond acceptors (Lipinski definition) is 5. The number of hydrogen-bond donors (Lipinski definition) is 1. The number of benzene rings is 2. The van der Waals surface area contributed by atoms with Gasteiger partial charge in [0.2, 0.25) is 0 Å². The van der Waals surface area contributed by atoms with Gasteiger partial charge in [-0.15, -0.1) is 23.5 Å². The Morgan fingerprint density at radius 1 is 1.11 bits per heavy atom. The van der Waals surface area contributed by atoms with Crippen LogP contribution in [0, 0.1) is 11.6 Å². The molecule has 0 bridgehead atoms. The van der Waals surface area contributed by atoms with Gasteiger partial charge in [0.1, 0.15) is 11.6 Å². The smallest absolute Gasteiger partial charge is 0.338 e. The number of carbonyl (C=O) groups is 2. The van der Waals surface area contributed by atoms with E-state index in [9.17, 15) is 18.4 Å². The molecule has 4 nitrogen and oxygen atoms in total. The van der Waals surface area contributed by atoms with Gasteiger partial charge in [-0.2, -0.15) is 0 Å². The Balaban J connectivity index is 1.59. The van der Waals surface area contributed by atoms with Crippen molar-refractivity contribution >= 4 is 41.1 Å². The Morgan fingerprint density at radius 2 is 1.78 bits per heavy atom. The fraction of sp³-hybridized carbons (Fsp3) is 0.263. The number of amides is 1. The molecule has 0 aliphatic carbocycles. The summed E-state index contributed by atoms with van der Waals surface area (Å²) in [6.07, 6.45) is -1.17. The summed E-state index contributed by atoms with van der Waals surface area (Å²) in [5.41, 5.74) is 1.15. The Hall–Kier alpha value is -2.06. The van der Waals surface area contributed by atoms with E-state index in [1.54, 1.807) is 12.1 Å². The van der Waals surface area contributed by atoms with Gasteiger partial charge in [0.25, 0.3) is 5.91 Å². The molecule has 0 saturated carbocycles. The first kappa shape index (κ1) is 19.7. The van der Waals surface area contributed by atoms with Gasteiger partial charge in [0.05, 0.1) is 15.8 Å². The maximum absolute atomic E-state index is 13.6. The first-order chi connectivity index (χ1) is 12.9. The van der Waals surface area contributed by atoms with Crippen LogP contribution in [0.5, 0.6) is 0 Å². The minimum atomic E-state index is -1.17. The minimum Gasteiger partial charge on any atom is -0.449 e. The summed E-state index contributed by atoms with van der Waals surface area (Å²) in [4.78, 5) is 24.3. The van der Waals surface area contributed by atoms with Crippen molar-refractivity contribution in [2.75, 3.05) is 16.8 Å². The van der Waals surface area contributed by atoms with Crippen molar-refractivity contribution in [1.29, 1.82) is 0 Å². The van der Waals surface area contributed by atoms with Crippen LogP contribution in [0.25, 0.3) is 0 Å². The molecule has 2 aromatic rings. The zero-order valence-corrected chi connectivity index (χ0v) is 16.0. The fourth-order valence-electron chi connectivity index (χ4n) is 2.44. The molecule has 0 aromatic heterocycles. The van der Waals surface area contributed by atoms with Crippen LogP contribution in [-0.2, 0) is 9.53 Å². The van der Waals surface area contributed by atoms with Crippen LogP contribution in [0.2, 0.25) is 0 Å². The van der Waals surface area contributed by atoms with Gasteiger partial charge in [-0.05, 0) is 36.8 Å². The average molecular weight is 409 g/mol. The molecule has 1 heterocycles. The molecule has 1 amide bonds. The van der Waals surface area contributed by atoms with E-state index in [-0.39, 0.29) is 5.69 Å². The molecule has 142 valence electrons. The van der Waals surface area contributed by atoms with Crippen LogP contribution in [0.1, 0.15) is 27.4 Å². The van der Waals surface area contributed by atoms with Crippen LogP contribution >= 0.6 is 23.5 Å². The summed E-state index contributed by atoms with van der Waals surface area (Å²) in [5.74, 6) is -0.648. The maximum Gasteiger partial charge on any atom is 0.338 e. The van der Waals surface area contributed by atoms with E-state index in [2.05, 4.69) is 5.32 Å². The van der Waals surface area contributed by atoms with Crippen molar-refractivity contribution in [3.05, 3.63) is 65.2 Å². The second-order valence-electron chi connectivity index (χ2n) is 5.86. The van der Waals surface area contributed by atoms with E-state index in [1.165, 1.54) is 6.92 Å². The summed E-state index contributed by atoms with van der Waals surface area (Å²) >= 11 is 3.73. The predicted octanol–water partition coefficient (Wildman–Crippen LogP) is 4.63. The molecule has 1 aliphatic heterocycles. The zero-order valence-electron chi connectivity index (χ0n) is 14.4. The third-order valence-corrected chi connectivity index (χ3v) is 6.98. The second-order valence-corrected chi connectivity index (χ2v) is 8.58. The Labute approximate surface area is 164 Å². The standard InChI is InChI=1S/C19H17F2NO3S2/c1-11(17(23)22-16-10-14(20)6-7-15(16)21)25-18(24)12-2-4-13(5-3-12)19-26-8-9-27-19/h2-7,10-11,19H,8-9H2,1H3,(H,22,23). The van der Waals surface area contributed by atoms with E-state index in [0.29, 0.717) is 10.1 Å². The van der Waals surface area contributed by atoms with Crippen LogP contribution < -0.4 is 5.32 Å². The first-order valence-electron chi connectivity index (χ1n) is 8.24. The molecule has 1 fully saturated rings. The third kappa shape index (κ3) is 5.01. The first-order valence-corrected chi connectivity index (χ1v) is 10.3. The van der Waals surface area contributed by atoms with Crippen molar-refractivity contribution in [3.8, 4) is 0 Å². The number of nitrogens with one attached hydrogen (secondary N) is 1. The van der Waals surface area contributed by atoms with Crippen LogP contribution in [0.4, 0.5) is 14.5 Å². The normalized spacial score (nSPS) is 15.4. The Morgan fingerprint density at radius 3 is 2.44 bits per heavy atom. The lowest BCUT2D eigenvalue weighted by molar-refractivity contribution is -0.123. The lowest BCUT2D eigenvalue weighted by Gasteiger charge is -2.14. The number of esters is 1. The molecule has 27 heavy (non-hydrogen) atoms. The van der Waals surface area contributed by atoms with Crippen molar-refractivity contribution in [2.24, 2.45) is 0 Å². The predicted molar refractivity (Wildman–Crippen MR) is 104 cm³/mol. The summed E-state index contributed by atoms with van der Waals surface area (Å²) in [5, 5.41) is 2.22. The highest BCUT2D eigenvalue weighted by molar-refractivity contribution is 8.19. The van der Waals surface area contributed by atoms with E-state index in [1.807, 2.05) is 35.7 Å². The molecule has 0 spiro atoms. The Kier molecular flexibility index (Phi) is 6.38. The molecule has 3 rings (SSSR count). The maximum atomic E-state index is 13.6. The highest BCUT2D eigenvalue weighted by Crippen LogP contribution is 2.45. The molecule has 2 aromatic carbocycles. The van der Waals surface area contributed by atoms with Gasteiger partial charge >= 0.3 is 5.97 Å². The zero-order chi connectivity index (χ0) is 19.4. The van der Waals surface area contributed by atoms with Gasteiger partial charge in [0, 0.05) is 17.6 Å². The number of rotatable bonds is 5. The second kappa shape index (κ2) is 8.75. The molecule has 1 saturated heterocycles. The third-order valence-electron chi connectivity index (χ3n) is 3.88. The SMILES string of the molecule is CC(OC(=O)c1ccc(C2SCCS2)cc1)C(=O)Nc1cc(F)ccc1F. The van der Waals surface area contributed by atoms with Gasteiger partial charge in [-0.1, -0.05) is 12.1 Å². The van der Waals surface area contributed by atoms with Gasteiger partial charge in [-0.3, -0.25) is 4.79 Å². The molecule has 1 atom stereocenters. The lowest BCUT2D eigenvalue weighted by Crippen LogP contribution is -2.30. The van der Waals surface area contributed by atoms with E-state index < -0.39 is 29.6 Å². The number of ether oxygens (including phenoxy) is 1. The number of anilines is 1. The monoisotopic (exact) mass is 409 g/mol. The quantitative estimate of drug-likeness (QED) is 0.730. The van der Waals surface area contributed by atoms with Gasteiger partial charge < -0.3 is 10.1 Å². The van der Waals surface area contributed by atoms with Crippen LogP contribution in [-0.4, -0.2) is 29.5 Å². The van der Waals surface area contributed by atoms with Gasteiger partial charge in [-0.25, -0.2) is 13.6 Å².